The first-order chi connectivity index (χ1) is 4.34. The molecule has 0 bridgehead atoms. The minimum absolute atomic E-state index is 0.506. The molecule has 1 aromatic heterocycles. The van der Waals surface area contributed by atoms with Gasteiger partial charge in [0.2, 0.25) is 0 Å². The third-order valence-electron chi connectivity index (χ3n) is 1.05. The van der Waals surface area contributed by atoms with E-state index >= 15 is 0 Å². The van der Waals surface area contributed by atoms with Crippen LogP contribution in [0.2, 0.25) is 0 Å². The van der Waals surface area contributed by atoms with Gasteiger partial charge < -0.3 is 0 Å². The number of terminal acetylenes is 1. The largest absolute Gasteiger partial charge is 0.238 e. The van der Waals surface area contributed by atoms with Crippen molar-refractivity contribution in [1.82, 2.24) is 14.8 Å². The van der Waals surface area contributed by atoms with Gasteiger partial charge in [-0.1, -0.05) is 5.92 Å². The summed E-state index contributed by atoms with van der Waals surface area (Å²) in [5.41, 5.74) is 0. The standard InChI is InChI=1S/C6H7N3/c1-3-4-9-6(2)7-5-8-9/h1,5H,4H2,2H3. The van der Waals surface area contributed by atoms with Crippen LogP contribution < -0.4 is 0 Å². The van der Waals surface area contributed by atoms with Crippen LogP contribution in [0.5, 0.6) is 0 Å². The zero-order valence-corrected chi connectivity index (χ0v) is 5.20. The fourth-order valence-electron chi connectivity index (χ4n) is 0.564. The third-order valence-corrected chi connectivity index (χ3v) is 1.05. The van der Waals surface area contributed by atoms with Crippen LogP contribution in [-0.2, 0) is 6.54 Å². The molecule has 0 unspecified atom stereocenters. The van der Waals surface area contributed by atoms with Crippen LogP contribution in [0.3, 0.4) is 0 Å². The second-order valence-electron chi connectivity index (χ2n) is 1.67. The number of hydrogen-bond donors (Lipinski definition) is 0. The van der Waals surface area contributed by atoms with E-state index in [1.807, 2.05) is 6.92 Å². The smallest absolute Gasteiger partial charge is 0.138 e. The molecule has 1 aromatic rings. The van der Waals surface area contributed by atoms with Crippen molar-refractivity contribution in [3.05, 3.63) is 12.2 Å². The third kappa shape index (κ3) is 1.08. The summed E-state index contributed by atoms with van der Waals surface area (Å²) >= 11 is 0. The predicted molar refractivity (Wildman–Crippen MR) is 33.6 cm³/mol. The Kier molecular flexibility index (Phi) is 1.50. The zero-order valence-electron chi connectivity index (χ0n) is 5.20. The molecule has 0 atom stereocenters. The van der Waals surface area contributed by atoms with Crippen LogP contribution in [0, 0.1) is 19.3 Å². The second kappa shape index (κ2) is 2.31. The molecule has 0 radical (unpaired) electrons. The number of aryl methyl sites for hydroxylation is 1. The van der Waals surface area contributed by atoms with Gasteiger partial charge in [0.25, 0.3) is 0 Å². The zero-order chi connectivity index (χ0) is 6.69. The van der Waals surface area contributed by atoms with E-state index in [-0.39, 0.29) is 0 Å². The van der Waals surface area contributed by atoms with Crippen molar-refractivity contribution >= 4 is 0 Å². The normalized spacial score (nSPS) is 8.89. The SMILES string of the molecule is C#CCn1ncnc1C. The van der Waals surface area contributed by atoms with Gasteiger partial charge >= 0.3 is 0 Å². The Hall–Kier alpha value is -1.30. The molecule has 1 rings (SSSR count). The van der Waals surface area contributed by atoms with Gasteiger partial charge in [-0.2, -0.15) is 5.10 Å². The first-order valence-electron chi connectivity index (χ1n) is 2.62. The highest BCUT2D eigenvalue weighted by atomic mass is 15.3. The number of rotatable bonds is 1. The fourth-order valence-corrected chi connectivity index (χ4v) is 0.564. The molecule has 0 N–H and O–H groups in total. The van der Waals surface area contributed by atoms with E-state index in [0.29, 0.717) is 6.54 Å². The Bertz CT molecular complexity index is 231. The van der Waals surface area contributed by atoms with Gasteiger partial charge in [0.1, 0.15) is 18.7 Å². The second-order valence-corrected chi connectivity index (χ2v) is 1.67. The van der Waals surface area contributed by atoms with Crippen LogP contribution >= 0.6 is 0 Å². The maximum absolute atomic E-state index is 5.05. The van der Waals surface area contributed by atoms with Gasteiger partial charge in [-0.25, -0.2) is 9.67 Å². The highest BCUT2D eigenvalue weighted by Crippen LogP contribution is 1.87. The maximum Gasteiger partial charge on any atom is 0.138 e. The summed E-state index contributed by atoms with van der Waals surface area (Å²) < 4.78 is 1.67. The number of aromatic nitrogens is 3. The molecule has 0 aliphatic heterocycles. The van der Waals surface area contributed by atoms with Gasteiger partial charge in [0, 0.05) is 0 Å². The molecule has 0 aromatic carbocycles. The van der Waals surface area contributed by atoms with Crippen LogP contribution in [0.25, 0.3) is 0 Å². The topological polar surface area (TPSA) is 30.7 Å². The minimum atomic E-state index is 0.506. The summed E-state index contributed by atoms with van der Waals surface area (Å²) in [7, 11) is 0. The van der Waals surface area contributed by atoms with Crippen molar-refractivity contribution in [1.29, 1.82) is 0 Å². The quantitative estimate of drug-likeness (QED) is 0.497. The van der Waals surface area contributed by atoms with Gasteiger partial charge in [-0.15, -0.1) is 6.42 Å². The molecule has 46 valence electrons. The number of hydrogen-bond acceptors (Lipinski definition) is 2. The van der Waals surface area contributed by atoms with Crippen molar-refractivity contribution in [2.45, 2.75) is 13.5 Å². The maximum atomic E-state index is 5.05. The molecule has 0 spiro atoms. The summed E-state index contributed by atoms with van der Waals surface area (Å²) in [6.45, 7) is 2.37. The Labute approximate surface area is 53.7 Å². The molecule has 1 heterocycles. The van der Waals surface area contributed by atoms with Crippen molar-refractivity contribution in [2.75, 3.05) is 0 Å². The lowest BCUT2D eigenvalue weighted by Crippen LogP contribution is -1.99. The van der Waals surface area contributed by atoms with E-state index in [2.05, 4.69) is 16.0 Å². The summed E-state index contributed by atoms with van der Waals surface area (Å²) in [5.74, 6) is 3.33. The molecule has 3 heteroatoms. The molecule has 0 amide bonds. The molecule has 0 aliphatic carbocycles. The first-order valence-corrected chi connectivity index (χ1v) is 2.62. The molecule has 3 nitrogen and oxygen atoms in total. The lowest BCUT2D eigenvalue weighted by Gasteiger charge is -1.92. The minimum Gasteiger partial charge on any atom is -0.238 e. The van der Waals surface area contributed by atoms with Crippen molar-refractivity contribution in [3.63, 3.8) is 0 Å². The van der Waals surface area contributed by atoms with Crippen LogP contribution in [0.15, 0.2) is 6.33 Å². The molecular weight excluding hydrogens is 114 g/mol. The van der Waals surface area contributed by atoms with Crippen LogP contribution in [0.4, 0.5) is 0 Å². The highest BCUT2D eigenvalue weighted by molar-refractivity contribution is 4.88. The summed E-state index contributed by atoms with van der Waals surface area (Å²) in [6.07, 6.45) is 6.54. The lowest BCUT2D eigenvalue weighted by atomic mass is 10.6. The molecule has 0 aliphatic rings. The summed E-state index contributed by atoms with van der Waals surface area (Å²) in [4.78, 5) is 3.89. The van der Waals surface area contributed by atoms with Crippen molar-refractivity contribution in [3.8, 4) is 12.3 Å². The molecule has 0 saturated heterocycles. The fraction of sp³-hybridized carbons (Fsp3) is 0.333. The summed E-state index contributed by atoms with van der Waals surface area (Å²) in [5, 5.41) is 3.87. The van der Waals surface area contributed by atoms with Gasteiger partial charge in [-0.05, 0) is 6.92 Å². The van der Waals surface area contributed by atoms with Gasteiger partial charge in [-0.3, -0.25) is 0 Å². The Balaban J connectivity index is 2.84. The van der Waals surface area contributed by atoms with Gasteiger partial charge in [0.15, 0.2) is 0 Å². The molecular formula is C6H7N3. The average molecular weight is 121 g/mol. The molecule has 0 saturated carbocycles. The van der Waals surface area contributed by atoms with E-state index in [1.54, 1.807) is 4.68 Å². The van der Waals surface area contributed by atoms with E-state index < -0.39 is 0 Å². The monoisotopic (exact) mass is 121 g/mol. The molecule has 0 fully saturated rings. The van der Waals surface area contributed by atoms with E-state index in [1.165, 1.54) is 6.33 Å². The number of nitrogens with zero attached hydrogens (tertiary/aromatic N) is 3. The van der Waals surface area contributed by atoms with E-state index in [9.17, 15) is 0 Å². The molecule has 9 heavy (non-hydrogen) atoms. The lowest BCUT2D eigenvalue weighted by molar-refractivity contribution is 0.686. The van der Waals surface area contributed by atoms with Crippen molar-refractivity contribution < 1.29 is 0 Å². The van der Waals surface area contributed by atoms with Crippen molar-refractivity contribution in [2.24, 2.45) is 0 Å². The highest BCUT2D eigenvalue weighted by Gasteiger charge is 1.92. The van der Waals surface area contributed by atoms with E-state index in [0.717, 1.165) is 5.82 Å². The predicted octanol–water partition coefficient (Wildman–Crippen LogP) is 0.220. The van der Waals surface area contributed by atoms with E-state index in [4.69, 9.17) is 6.42 Å². The Morgan fingerprint density at radius 1 is 1.89 bits per heavy atom. The average Bonchev–Trinajstić information content (AvgIpc) is 2.18. The Morgan fingerprint density at radius 3 is 3.11 bits per heavy atom. The van der Waals surface area contributed by atoms with Crippen LogP contribution in [0.1, 0.15) is 5.82 Å². The van der Waals surface area contributed by atoms with Gasteiger partial charge in [0.05, 0.1) is 0 Å². The van der Waals surface area contributed by atoms with Crippen LogP contribution in [-0.4, -0.2) is 14.8 Å². The summed E-state index contributed by atoms with van der Waals surface area (Å²) in [6, 6.07) is 0. The first kappa shape index (κ1) is 5.83. The Morgan fingerprint density at radius 2 is 2.67 bits per heavy atom.